The molecule has 0 unspecified atom stereocenters. The van der Waals surface area contributed by atoms with Crippen LogP contribution >= 0.6 is 0 Å². The fourth-order valence-corrected chi connectivity index (χ4v) is 1.77. The summed E-state index contributed by atoms with van der Waals surface area (Å²) in [6, 6.07) is 14.0. The normalized spacial score (nSPS) is 10.1. The second-order valence-corrected chi connectivity index (χ2v) is 3.69. The van der Waals surface area contributed by atoms with Crippen LogP contribution in [0.3, 0.4) is 0 Å². The second kappa shape index (κ2) is 4.19. The Morgan fingerprint density at radius 2 is 1.81 bits per heavy atom. The monoisotopic (exact) mass is 211 g/mol. The van der Waals surface area contributed by atoms with Crippen molar-refractivity contribution < 1.29 is 4.79 Å². The molecule has 2 nitrogen and oxygen atoms in total. The van der Waals surface area contributed by atoms with Gasteiger partial charge in [-0.3, -0.25) is 4.79 Å². The van der Waals surface area contributed by atoms with Crippen molar-refractivity contribution in [3.05, 3.63) is 54.6 Å². The molecule has 0 bridgehead atoms. The quantitative estimate of drug-likeness (QED) is 0.813. The molecule has 0 spiro atoms. The molecular formula is C14H13NO. The zero-order chi connectivity index (χ0) is 11.5. The highest BCUT2D eigenvalue weighted by Gasteiger charge is 2.04. The summed E-state index contributed by atoms with van der Waals surface area (Å²) in [6.45, 7) is 5.37. The van der Waals surface area contributed by atoms with Crippen molar-refractivity contribution >= 4 is 22.4 Å². The van der Waals surface area contributed by atoms with E-state index in [9.17, 15) is 4.79 Å². The molecule has 0 aliphatic carbocycles. The van der Waals surface area contributed by atoms with Gasteiger partial charge < -0.3 is 5.32 Å². The van der Waals surface area contributed by atoms with Crippen LogP contribution in [0.1, 0.15) is 12.5 Å². The number of fused-ring (bicyclic) bond motifs is 1. The molecule has 80 valence electrons. The first kappa shape index (κ1) is 10.4. The average molecular weight is 211 g/mol. The lowest BCUT2D eigenvalue weighted by atomic mass is 10.0. The lowest BCUT2D eigenvalue weighted by molar-refractivity contribution is -0.117. The molecule has 0 aliphatic rings. The van der Waals surface area contributed by atoms with Crippen molar-refractivity contribution in [1.82, 2.24) is 5.32 Å². The Hall–Kier alpha value is -2.09. The van der Waals surface area contributed by atoms with Gasteiger partial charge in [0.25, 0.3) is 0 Å². The fraction of sp³-hybridized carbons (Fsp3) is 0.0714. The zero-order valence-electron chi connectivity index (χ0n) is 9.16. The topological polar surface area (TPSA) is 29.1 Å². The Morgan fingerprint density at radius 1 is 1.12 bits per heavy atom. The maximum atomic E-state index is 11.0. The number of amides is 1. The second-order valence-electron chi connectivity index (χ2n) is 3.69. The molecule has 16 heavy (non-hydrogen) atoms. The van der Waals surface area contributed by atoms with Crippen LogP contribution in [0.5, 0.6) is 0 Å². The fourth-order valence-electron chi connectivity index (χ4n) is 1.77. The van der Waals surface area contributed by atoms with Crippen molar-refractivity contribution in [3.63, 3.8) is 0 Å². The first-order valence-electron chi connectivity index (χ1n) is 5.13. The number of benzene rings is 2. The van der Waals surface area contributed by atoms with E-state index in [0.717, 1.165) is 16.3 Å². The molecule has 2 aromatic rings. The summed E-state index contributed by atoms with van der Waals surface area (Å²) in [6.07, 6.45) is 0. The van der Waals surface area contributed by atoms with Crippen molar-refractivity contribution in [2.75, 3.05) is 0 Å². The molecule has 0 aromatic heterocycles. The van der Waals surface area contributed by atoms with Crippen molar-refractivity contribution in [3.8, 4) is 0 Å². The Balaban J connectivity index is 2.52. The van der Waals surface area contributed by atoms with Crippen LogP contribution < -0.4 is 5.32 Å². The molecule has 0 radical (unpaired) electrons. The van der Waals surface area contributed by atoms with Crippen LogP contribution in [-0.2, 0) is 4.79 Å². The molecule has 0 saturated heterocycles. The number of carbonyl (C=O) groups excluding carboxylic acids is 1. The summed E-state index contributed by atoms with van der Waals surface area (Å²) in [5, 5.41) is 4.96. The van der Waals surface area contributed by atoms with Crippen LogP contribution in [0.4, 0.5) is 0 Å². The highest BCUT2D eigenvalue weighted by atomic mass is 16.1. The third-order valence-electron chi connectivity index (χ3n) is 2.44. The minimum atomic E-state index is -0.0991. The third-order valence-corrected chi connectivity index (χ3v) is 2.44. The van der Waals surface area contributed by atoms with Crippen molar-refractivity contribution in [1.29, 1.82) is 0 Å². The number of carbonyl (C=O) groups is 1. The summed E-state index contributed by atoms with van der Waals surface area (Å²) in [5.41, 5.74) is 1.61. The number of nitrogens with one attached hydrogen (secondary N) is 1. The van der Waals surface area contributed by atoms with E-state index in [4.69, 9.17) is 0 Å². The molecule has 0 aliphatic heterocycles. The largest absolute Gasteiger partial charge is 0.326 e. The van der Waals surface area contributed by atoms with E-state index in [2.05, 4.69) is 11.9 Å². The van der Waals surface area contributed by atoms with Crippen LogP contribution in [-0.4, -0.2) is 5.91 Å². The van der Waals surface area contributed by atoms with Crippen molar-refractivity contribution in [2.45, 2.75) is 6.92 Å². The number of rotatable bonds is 2. The maximum absolute atomic E-state index is 11.0. The standard InChI is InChI=1S/C14H13NO/c1-10(15-11(2)16)13-9-5-7-12-6-3-4-8-14(12)13/h3-9H,1H2,2H3,(H,15,16). The van der Waals surface area contributed by atoms with Crippen LogP contribution in [0.2, 0.25) is 0 Å². The van der Waals surface area contributed by atoms with E-state index in [-0.39, 0.29) is 5.91 Å². The van der Waals surface area contributed by atoms with Gasteiger partial charge in [-0.2, -0.15) is 0 Å². The molecule has 0 atom stereocenters. The maximum Gasteiger partial charge on any atom is 0.221 e. The molecule has 0 saturated carbocycles. The van der Waals surface area contributed by atoms with Crippen LogP contribution in [0.25, 0.3) is 16.5 Å². The van der Waals surface area contributed by atoms with Crippen LogP contribution in [0.15, 0.2) is 49.0 Å². The van der Waals surface area contributed by atoms with E-state index in [0.29, 0.717) is 5.70 Å². The highest BCUT2D eigenvalue weighted by Crippen LogP contribution is 2.22. The van der Waals surface area contributed by atoms with Gasteiger partial charge in [0.15, 0.2) is 0 Å². The van der Waals surface area contributed by atoms with E-state index in [1.807, 2.05) is 42.5 Å². The minimum Gasteiger partial charge on any atom is -0.326 e. The molecule has 1 amide bonds. The van der Waals surface area contributed by atoms with Gasteiger partial charge in [0.1, 0.15) is 0 Å². The average Bonchev–Trinajstić information content (AvgIpc) is 2.27. The molecule has 2 heteroatoms. The van der Waals surface area contributed by atoms with Crippen molar-refractivity contribution in [2.24, 2.45) is 0 Å². The lowest BCUT2D eigenvalue weighted by Crippen LogP contribution is -2.17. The molecule has 2 aromatic carbocycles. The minimum absolute atomic E-state index is 0.0991. The molecule has 2 rings (SSSR count). The Kier molecular flexibility index (Phi) is 2.73. The number of hydrogen-bond donors (Lipinski definition) is 1. The van der Waals surface area contributed by atoms with Gasteiger partial charge in [-0.1, -0.05) is 49.0 Å². The molecular weight excluding hydrogens is 198 g/mol. The molecule has 0 heterocycles. The Morgan fingerprint density at radius 3 is 2.56 bits per heavy atom. The van der Waals surface area contributed by atoms with Gasteiger partial charge in [0.05, 0.1) is 0 Å². The lowest BCUT2D eigenvalue weighted by Gasteiger charge is -2.09. The van der Waals surface area contributed by atoms with Gasteiger partial charge in [0, 0.05) is 18.2 Å². The molecule has 0 fully saturated rings. The van der Waals surface area contributed by atoms with Crippen LogP contribution in [0, 0.1) is 0 Å². The first-order chi connectivity index (χ1) is 7.68. The first-order valence-corrected chi connectivity index (χ1v) is 5.13. The smallest absolute Gasteiger partial charge is 0.221 e. The van der Waals surface area contributed by atoms with E-state index in [1.165, 1.54) is 6.92 Å². The summed E-state index contributed by atoms with van der Waals surface area (Å²) in [4.78, 5) is 11.0. The van der Waals surface area contributed by atoms with Gasteiger partial charge in [0.2, 0.25) is 5.91 Å². The zero-order valence-corrected chi connectivity index (χ0v) is 9.16. The van der Waals surface area contributed by atoms with Gasteiger partial charge in [-0.25, -0.2) is 0 Å². The summed E-state index contributed by atoms with van der Waals surface area (Å²) in [5.74, 6) is -0.0991. The van der Waals surface area contributed by atoms with Gasteiger partial charge in [-0.15, -0.1) is 0 Å². The predicted molar refractivity (Wildman–Crippen MR) is 66.8 cm³/mol. The van der Waals surface area contributed by atoms with E-state index >= 15 is 0 Å². The summed E-state index contributed by atoms with van der Waals surface area (Å²) >= 11 is 0. The van der Waals surface area contributed by atoms with E-state index in [1.54, 1.807) is 0 Å². The van der Waals surface area contributed by atoms with Gasteiger partial charge in [-0.05, 0) is 10.8 Å². The third kappa shape index (κ3) is 1.96. The van der Waals surface area contributed by atoms with E-state index < -0.39 is 0 Å². The highest BCUT2D eigenvalue weighted by molar-refractivity contribution is 5.96. The summed E-state index contributed by atoms with van der Waals surface area (Å²) < 4.78 is 0. The Bertz CT molecular complexity index is 552. The SMILES string of the molecule is C=C(NC(C)=O)c1cccc2ccccc12. The predicted octanol–water partition coefficient (Wildman–Crippen LogP) is 2.95. The number of hydrogen-bond acceptors (Lipinski definition) is 1. The van der Waals surface area contributed by atoms with Gasteiger partial charge >= 0.3 is 0 Å². The molecule has 1 N–H and O–H groups in total. The Labute approximate surface area is 94.6 Å². The summed E-state index contributed by atoms with van der Waals surface area (Å²) in [7, 11) is 0.